The van der Waals surface area contributed by atoms with E-state index in [1.165, 1.54) is 0 Å². The third kappa shape index (κ3) is 3.25. The maximum absolute atomic E-state index is 12.5. The Morgan fingerprint density at radius 3 is 2.48 bits per heavy atom. The molecule has 0 radical (unpaired) electrons. The van der Waals surface area contributed by atoms with Crippen LogP contribution in [0.4, 0.5) is 5.69 Å². The van der Waals surface area contributed by atoms with Crippen molar-refractivity contribution in [3.05, 3.63) is 18.2 Å². The minimum Gasteiger partial charge on any atom is -0.486 e. The zero-order chi connectivity index (χ0) is 16.4. The van der Waals surface area contributed by atoms with E-state index < -0.39 is 5.41 Å². The molecule has 0 bridgehead atoms. The van der Waals surface area contributed by atoms with Gasteiger partial charge in [-0.25, -0.2) is 0 Å². The molecule has 2 aliphatic rings. The molecule has 1 saturated carbocycles. The van der Waals surface area contributed by atoms with Crippen LogP contribution < -0.4 is 20.1 Å². The first-order valence-corrected chi connectivity index (χ1v) is 8.01. The van der Waals surface area contributed by atoms with Gasteiger partial charge in [-0.1, -0.05) is 13.8 Å². The molecule has 1 fully saturated rings. The number of fused-ring (bicyclic) bond motifs is 1. The van der Waals surface area contributed by atoms with Gasteiger partial charge < -0.3 is 20.1 Å². The monoisotopic (exact) mass is 318 g/mol. The fraction of sp³-hybridized carbons (Fsp3) is 0.529. The van der Waals surface area contributed by atoms with E-state index in [4.69, 9.17) is 9.47 Å². The summed E-state index contributed by atoms with van der Waals surface area (Å²) >= 11 is 0. The first kappa shape index (κ1) is 15.6. The van der Waals surface area contributed by atoms with Crippen molar-refractivity contribution in [1.82, 2.24) is 5.32 Å². The second-order valence-electron chi connectivity index (χ2n) is 6.50. The van der Waals surface area contributed by atoms with Crippen LogP contribution in [0.3, 0.4) is 0 Å². The average molecular weight is 318 g/mol. The quantitative estimate of drug-likeness (QED) is 0.814. The van der Waals surface area contributed by atoms with E-state index in [0.717, 1.165) is 0 Å². The van der Waals surface area contributed by atoms with Crippen LogP contribution in [0.5, 0.6) is 11.5 Å². The average Bonchev–Trinajstić information content (AvgIpc) is 3.34. The van der Waals surface area contributed by atoms with Crippen LogP contribution in [0.1, 0.15) is 26.7 Å². The molecule has 0 aromatic heterocycles. The number of benzene rings is 1. The number of nitrogens with one attached hydrogen (secondary N) is 2. The van der Waals surface area contributed by atoms with Gasteiger partial charge in [0.2, 0.25) is 11.8 Å². The van der Waals surface area contributed by atoms with Gasteiger partial charge in [-0.3, -0.25) is 9.59 Å². The Hall–Kier alpha value is -2.24. The Balaban J connectivity index is 1.66. The van der Waals surface area contributed by atoms with Gasteiger partial charge in [0.1, 0.15) is 18.6 Å². The summed E-state index contributed by atoms with van der Waals surface area (Å²) in [7, 11) is 0. The fourth-order valence-corrected chi connectivity index (χ4v) is 2.52. The van der Waals surface area contributed by atoms with Crippen molar-refractivity contribution in [1.29, 1.82) is 0 Å². The van der Waals surface area contributed by atoms with Gasteiger partial charge in [0, 0.05) is 18.3 Å². The highest BCUT2D eigenvalue weighted by Gasteiger charge is 2.56. The normalized spacial score (nSPS) is 17.5. The van der Waals surface area contributed by atoms with Crippen molar-refractivity contribution in [2.45, 2.75) is 26.7 Å². The van der Waals surface area contributed by atoms with E-state index >= 15 is 0 Å². The van der Waals surface area contributed by atoms with Gasteiger partial charge in [-0.2, -0.15) is 0 Å². The van der Waals surface area contributed by atoms with Crippen molar-refractivity contribution in [2.75, 3.05) is 25.1 Å². The van der Waals surface area contributed by atoms with Crippen molar-refractivity contribution >= 4 is 17.5 Å². The first-order chi connectivity index (χ1) is 11.0. The number of carbonyl (C=O) groups is 2. The highest BCUT2D eigenvalue weighted by Crippen LogP contribution is 2.47. The van der Waals surface area contributed by atoms with E-state index in [2.05, 4.69) is 10.6 Å². The summed E-state index contributed by atoms with van der Waals surface area (Å²) in [5, 5.41) is 5.69. The van der Waals surface area contributed by atoms with Gasteiger partial charge in [-0.05, 0) is 30.9 Å². The molecule has 2 amide bonds. The number of carbonyl (C=O) groups excluding carboxylic acids is 2. The zero-order valence-electron chi connectivity index (χ0n) is 13.5. The molecule has 1 heterocycles. The van der Waals surface area contributed by atoms with Gasteiger partial charge in [0.15, 0.2) is 11.5 Å². The number of hydrogen-bond acceptors (Lipinski definition) is 4. The van der Waals surface area contributed by atoms with Crippen molar-refractivity contribution in [3.8, 4) is 11.5 Å². The molecular formula is C17H22N2O4. The van der Waals surface area contributed by atoms with Gasteiger partial charge in [0.05, 0.1) is 0 Å². The van der Waals surface area contributed by atoms with Crippen LogP contribution in [0.15, 0.2) is 18.2 Å². The molecule has 23 heavy (non-hydrogen) atoms. The molecule has 2 N–H and O–H groups in total. The summed E-state index contributed by atoms with van der Waals surface area (Å²) in [6.07, 6.45) is 1.18. The molecule has 1 aromatic carbocycles. The number of amides is 2. The first-order valence-electron chi connectivity index (χ1n) is 8.01. The van der Waals surface area contributed by atoms with E-state index in [9.17, 15) is 9.59 Å². The Bertz CT molecular complexity index is 623. The highest BCUT2D eigenvalue weighted by molar-refractivity contribution is 6.13. The molecule has 1 aliphatic carbocycles. The van der Waals surface area contributed by atoms with Crippen LogP contribution in [0, 0.1) is 11.3 Å². The lowest BCUT2D eigenvalue weighted by atomic mass is 10.0. The van der Waals surface area contributed by atoms with E-state index in [1.807, 2.05) is 13.8 Å². The van der Waals surface area contributed by atoms with Crippen LogP contribution in [-0.4, -0.2) is 31.6 Å². The molecule has 0 spiro atoms. The Morgan fingerprint density at radius 1 is 1.13 bits per heavy atom. The summed E-state index contributed by atoms with van der Waals surface area (Å²) < 4.78 is 11.0. The molecule has 124 valence electrons. The molecule has 1 aliphatic heterocycles. The van der Waals surface area contributed by atoms with Crippen molar-refractivity contribution < 1.29 is 19.1 Å². The van der Waals surface area contributed by atoms with Crippen LogP contribution in [0.2, 0.25) is 0 Å². The van der Waals surface area contributed by atoms with Gasteiger partial charge in [0.25, 0.3) is 0 Å². The lowest BCUT2D eigenvalue weighted by Crippen LogP contribution is -2.41. The Labute approximate surface area is 135 Å². The summed E-state index contributed by atoms with van der Waals surface area (Å²) in [5.74, 6) is 1.21. The highest BCUT2D eigenvalue weighted by atomic mass is 16.6. The molecule has 6 nitrogen and oxygen atoms in total. The van der Waals surface area contributed by atoms with E-state index in [0.29, 0.717) is 55.7 Å². The Morgan fingerprint density at radius 2 is 1.83 bits per heavy atom. The molecular weight excluding hydrogens is 296 g/mol. The second kappa shape index (κ2) is 6.10. The predicted octanol–water partition coefficient (Wildman–Crippen LogP) is 1.95. The molecule has 1 aromatic rings. The lowest BCUT2D eigenvalue weighted by molar-refractivity contribution is -0.134. The summed E-state index contributed by atoms with van der Waals surface area (Å²) in [6, 6.07) is 5.25. The third-order valence-corrected chi connectivity index (χ3v) is 4.09. The fourth-order valence-electron chi connectivity index (χ4n) is 2.52. The Kier molecular flexibility index (Phi) is 4.15. The molecule has 0 atom stereocenters. The van der Waals surface area contributed by atoms with Gasteiger partial charge in [-0.15, -0.1) is 0 Å². The maximum atomic E-state index is 12.5. The number of anilines is 1. The van der Waals surface area contributed by atoms with E-state index in [1.54, 1.807) is 18.2 Å². The minimum atomic E-state index is -0.915. The predicted molar refractivity (Wildman–Crippen MR) is 85.6 cm³/mol. The zero-order valence-corrected chi connectivity index (χ0v) is 13.5. The van der Waals surface area contributed by atoms with Gasteiger partial charge >= 0.3 is 0 Å². The largest absolute Gasteiger partial charge is 0.486 e. The summed E-state index contributed by atoms with van der Waals surface area (Å²) in [5.41, 5.74) is -0.301. The second-order valence-corrected chi connectivity index (χ2v) is 6.50. The molecule has 0 unspecified atom stereocenters. The lowest BCUT2D eigenvalue weighted by Gasteiger charge is -2.20. The number of hydrogen-bond donors (Lipinski definition) is 2. The third-order valence-electron chi connectivity index (χ3n) is 4.09. The number of rotatable bonds is 5. The SMILES string of the molecule is CC(C)CNC(=O)C1(C(=O)Nc2ccc3c(c2)OCCO3)CC1. The number of ether oxygens (including phenoxy) is 2. The van der Waals surface area contributed by atoms with Crippen LogP contribution in [0.25, 0.3) is 0 Å². The standard InChI is InChI=1S/C17H22N2O4/c1-11(2)10-18-15(20)17(5-6-17)16(21)19-12-3-4-13-14(9-12)23-8-7-22-13/h3-4,9,11H,5-8,10H2,1-2H3,(H,18,20)(H,19,21). The summed E-state index contributed by atoms with van der Waals surface area (Å²) in [4.78, 5) is 24.8. The minimum absolute atomic E-state index is 0.179. The summed E-state index contributed by atoms with van der Waals surface area (Å²) in [6.45, 7) is 5.64. The molecule has 3 rings (SSSR count). The smallest absolute Gasteiger partial charge is 0.240 e. The van der Waals surface area contributed by atoms with Crippen molar-refractivity contribution in [3.63, 3.8) is 0 Å². The van der Waals surface area contributed by atoms with Crippen molar-refractivity contribution in [2.24, 2.45) is 11.3 Å². The maximum Gasteiger partial charge on any atom is 0.240 e. The van der Waals surface area contributed by atoms with Crippen LogP contribution in [-0.2, 0) is 9.59 Å². The molecule has 0 saturated heterocycles. The molecule has 6 heteroatoms. The van der Waals surface area contributed by atoms with Crippen LogP contribution >= 0.6 is 0 Å². The topological polar surface area (TPSA) is 76.7 Å². The van der Waals surface area contributed by atoms with E-state index in [-0.39, 0.29) is 11.8 Å².